The molecule has 0 bridgehead atoms. The molecule has 3 heteroatoms. The van der Waals surface area contributed by atoms with Crippen molar-refractivity contribution in [2.75, 3.05) is 18.5 Å². The van der Waals surface area contributed by atoms with Crippen LogP contribution in [0.3, 0.4) is 0 Å². The number of hydrogen-bond donors (Lipinski definition) is 1. The van der Waals surface area contributed by atoms with Crippen molar-refractivity contribution in [1.29, 1.82) is 0 Å². The first-order chi connectivity index (χ1) is 9.26. The predicted octanol–water partition coefficient (Wildman–Crippen LogP) is 3.70. The zero-order valence-corrected chi connectivity index (χ0v) is 11.4. The number of rotatable bonds is 5. The third-order valence-electron chi connectivity index (χ3n) is 3.09. The van der Waals surface area contributed by atoms with E-state index in [4.69, 9.17) is 0 Å². The van der Waals surface area contributed by atoms with Gasteiger partial charge in [0.2, 0.25) is 0 Å². The Morgan fingerprint density at radius 2 is 1.74 bits per heavy atom. The van der Waals surface area contributed by atoms with Crippen molar-refractivity contribution in [1.82, 2.24) is 5.32 Å². The molecule has 0 aromatic heterocycles. The van der Waals surface area contributed by atoms with Crippen molar-refractivity contribution in [3.63, 3.8) is 0 Å². The molecule has 2 nitrogen and oxygen atoms in total. The normalized spacial score (nSPS) is 10.5. The Kier molecular flexibility index (Phi) is 4.53. The van der Waals surface area contributed by atoms with E-state index >= 15 is 0 Å². The fourth-order valence-electron chi connectivity index (χ4n) is 2.16. The van der Waals surface area contributed by atoms with Gasteiger partial charge in [0.25, 0.3) is 0 Å². The summed E-state index contributed by atoms with van der Waals surface area (Å²) in [6.07, 6.45) is 0. The molecule has 100 valence electrons. The summed E-state index contributed by atoms with van der Waals surface area (Å²) in [5.74, 6) is -0.191. The summed E-state index contributed by atoms with van der Waals surface area (Å²) in [6.45, 7) is 3.59. The third kappa shape index (κ3) is 3.12. The molecule has 0 spiro atoms. The van der Waals surface area contributed by atoms with Gasteiger partial charge in [0.15, 0.2) is 0 Å². The molecule has 0 aliphatic carbocycles. The van der Waals surface area contributed by atoms with E-state index in [9.17, 15) is 4.39 Å². The fraction of sp³-hybridized carbons (Fsp3) is 0.250. The molecule has 0 atom stereocenters. The smallest absolute Gasteiger partial charge is 0.146 e. The monoisotopic (exact) mass is 258 g/mol. The largest absolute Gasteiger partial charge is 0.339 e. The Morgan fingerprint density at radius 1 is 1.05 bits per heavy atom. The molecule has 0 radical (unpaired) electrons. The van der Waals surface area contributed by atoms with Gasteiger partial charge in [-0.25, -0.2) is 4.39 Å². The molecule has 0 unspecified atom stereocenters. The van der Waals surface area contributed by atoms with Gasteiger partial charge in [0.05, 0.1) is 5.69 Å². The van der Waals surface area contributed by atoms with Gasteiger partial charge >= 0.3 is 0 Å². The second kappa shape index (κ2) is 6.34. The topological polar surface area (TPSA) is 15.3 Å². The molecule has 0 amide bonds. The van der Waals surface area contributed by atoms with Crippen LogP contribution in [0.5, 0.6) is 0 Å². The lowest BCUT2D eigenvalue weighted by molar-refractivity contribution is 0.625. The first-order valence-electron chi connectivity index (χ1n) is 6.52. The molecule has 0 saturated heterocycles. The highest BCUT2D eigenvalue weighted by molar-refractivity contribution is 5.63. The van der Waals surface area contributed by atoms with Crippen LogP contribution in [0, 0.1) is 5.82 Å². The van der Waals surface area contributed by atoms with E-state index in [1.165, 1.54) is 11.6 Å². The quantitative estimate of drug-likeness (QED) is 0.879. The average molecular weight is 258 g/mol. The van der Waals surface area contributed by atoms with Crippen molar-refractivity contribution >= 4 is 11.4 Å². The molecule has 2 aromatic carbocycles. The van der Waals surface area contributed by atoms with Gasteiger partial charge in [-0.05, 0) is 43.8 Å². The van der Waals surface area contributed by atoms with Gasteiger partial charge in [0, 0.05) is 18.8 Å². The lowest BCUT2D eigenvalue weighted by Crippen LogP contribution is -2.17. The second-order valence-electron chi connectivity index (χ2n) is 4.39. The van der Waals surface area contributed by atoms with E-state index in [0.29, 0.717) is 5.69 Å². The van der Waals surface area contributed by atoms with Gasteiger partial charge in [-0.15, -0.1) is 0 Å². The van der Waals surface area contributed by atoms with Crippen molar-refractivity contribution < 1.29 is 4.39 Å². The van der Waals surface area contributed by atoms with Crippen LogP contribution < -0.4 is 10.2 Å². The van der Waals surface area contributed by atoms with Crippen LogP contribution in [0.25, 0.3) is 0 Å². The van der Waals surface area contributed by atoms with Crippen LogP contribution in [0.4, 0.5) is 15.8 Å². The first kappa shape index (κ1) is 13.6. The van der Waals surface area contributed by atoms with Gasteiger partial charge < -0.3 is 10.2 Å². The van der Waals surface area contributed by atoms with Gasteiger partial charge in [0.1, 0.15) is 5.82 Å². The highest BCUT2D eigenvalue weighted by Crippen LogP contribution is 2.27. The minimum Gasteiger partial charge on any atom is -0.339 e. The maximum absolute atomic E-state index is 13.9. The van der Waals surface area contributed by atoms with Crippen molar-refractivity contribution in [2.24, 2.45) is 0 Å². The number of benzene rings is 2. The molecule has 19 heavy (non-hydrogen) atoms. The molecule has 2 aromatic rings. The number of halogens is 1. The Hall–Kier alpha value is -1.87. The fourth-order valence-corrected chi connectivity index (χ4v) is 2.16. The molecule has 0 aliphatic rings. The molecule has 1 N–H and O–H groups in total. The molecule has 0 fully saturated rings. The molecule has 0 aliphatic heterocycles. The van der Waals surface area contributed by atoms with Crippen LogP contribution in [0.2, 0.25) is 0 Å². The van der Waals surface area contributed by atoms with E-state index in [1.807, 2.05) is 37.1 Å². The Bertz CT molecular complexity index is 523. The SMILES string of the molecule is CCN(c1ccc(CNC)cc1)c1ccccc1F. The number of nitrogens with zero attached hydrogens (tertiary/aromatic N) is 1. The summed E-state index contributed by atoms with van der Waals surface area (Å²) in [5.41, 5.74) is 2.84. The summed E-state index contributed by atoms with van der Waals surface area (Å²) in [5, 5.41) is 3.11. The Labute approximate surface area is 113 Å². The van der Waals surface area contributed by atoms with Crippen molar-refractivity contribution in [3.05, 3.63) is 59.9 Å². The first-order valence-corrected chi connectivity index (χ1v) is 6.52. The molecule has 2 rings (SSSR count). The second-order valence-corrected chi connectivity index (χ2v) is 4.39. The van der Waals surface area contributed by atoms with E-state index in [-0.39, 0.29) is 5.82 Å². The van der Waals surface area contributed by atoms with Crippen LogP contribution in [-0.4, -0.2) is 13.6 Å². The molecular weight excluding hydrogens is 239 g/mol. The van der Waals surface area contributed by atoms with Crippen molar-refractivity contribution in [2.45, 2.75) is 13.5 Å². The van der Waals surface area contributed by atoms with Crippen LogP contribution in [0.15, 0.2) is 48.5 Å². The highest BCUT2D eigenvalue weighted by atomic mass is 19.1. The number of hydrogen-bond acceptors (Lipinski definition) is 2. The lowest BCUT2D eigenvalue weighted by atomic mass is 10.1. The van der Waals surface area contributed by atoms with E-state index in [1.54, 1.807) is 12.1 Å². The van der Waals surface area contributed by atoms with E-state index in [0.717, 1.165) is 18.8 Å². The average Bonchev–Trinajstić information content (AvgIpc) is 2.44. The number of nitrogens with one attached hydrogen (secondary N) is 1. The maximum atomic E-state index is 13.9. The minimum atomic E-state index is -0.191. The standard InChI is InChI=1S/C16H19FN2/c1-3-19(16-7-5-4-6-15(16)17)14-10-8-13(9-11-14)12-18-2/h4-11,18H,3,12H2,1-2H3. The molecule has 0 saturated carbocycles. The van der Waals surface area contributed by atoms with Gasteiger partial charge in [-0.1, -0.05) is 24.3 Å². The Balaban J connectivity index is 2.29. The summed E-state index contributed by atoms with van der Waals surface area (Å²) >= 11 is 0. The zero-order valence-electron chi connectivity index (χ0n) is 11.4. The Morgan fingerprint density at radius 3 is 2.32 bits per heavy atom. The van der Waals surface area contributed by atoms with Crippen molar-refractivity contribution in [3.8, 4) is 0 Å². The van der Waals surface area contributed by atoms with Gasteiger partial charge in [-0.3, -0.25) is 0 Å². The molecule has 0 heterocycles. The highest BCUT2D eigenvalue weighted by Gasteiger charge is 2.11. The minimum absolute atomic E-state index is 0.191. The molecular formula is C16H19FN2. The van der Waals surface area contributed by atoms with E-state index < -0.39 is 0 Å². The summed E-state index contributed by atoms with van der Waals surface area (Å²) in [7, 11) is 1.92. The van der Waals surface area contributed by atoms with Gasteiger partial charge in [-0.2, -0.15) is 0 Å². The summed E-state index contributed by atoms with van der Waals surface area (Å²) < 4.78 is 13.9. The third-order valence-corrected chi connectivity index (χ3v) is 3.09. The predicted molar refractivity (Wildman–Crippen MR) is 78.3 cm³/mol. The maximum Gasteiger partial charge on any atom is 0.146 e. The van der Waals surface area contributed by atoms with E-state index in [2.05, 4.69) is 17.4 Å². The van der Waals surface area contributed by atoms with Crippen LogP contribution in [-0.2, 0) is 6.54 Å². The number of para-hydroxylation sites is 1. The zero-order chi connectivity index (χ0) is 13.7. The summed E-state index contributed by atoms with van der Waals surface area (Å²) in [4.78, 5) is 1.97. The number of anilines is 2. The van der Waals surface area contributed by atoms with Crippen LogP contribution >= 0.6 is 0 Å². The lowest BCUT2D eigenvalue weighted by Gasteiger charge is -2.24. The summed E-state index contributed by atoms with van der Waals surface area (Å²) in [6, 6.07) is 15.1. The van der Waals surface area contributed by atoms with Crippen LogP contribution in [0.1, 0.15) is 12.5 Å².